The molecule has 0 aromatic carbocycles. The Balaban J connectivity index is 2.11. The van der Waals surface area contributed by atoms with E-state index in [4.69, 9.17) is 21.7 Å². The summed E-state index contributed by atoms with van der Waals surface area (Å²) in [5.74, 6) is 1.16. The molecule has 0 saturated carbocycles. The zero-order valence-corrected chi connectivity index (χ0v) is 22.2. The van der Waals surface area contributed by atoms with E-state index in [1.54, 1.807) is 11.8 Å². The first-order valence-corrected chi connectivity index (χ1v) is 14.0. The fourth-order valence-electron chi connectivity index (χ4n) is 3.47. The molecule has 1 fully saturated rings. The summed E-state index contributed by atoms with van der Waals surface area (Å²) in [5, 5.41) is 3.55. The lowest BCUT2D eigenvalue weighted by molar-refractivity contribution is -0.114. The Kier molecular flexibility index (Phi) is 14.9. The van der Waals surface area contributed by atoms with Crippen LogP contribution in [0.5, 0.6) is 0 Å². The summed E-state index contributed by atoms with van der Waals surface area (Å²) in [6.45, 7) is 8.83. The van der Waals surface area contributed by atoms with Crippen molar-refractivity contribution in [1.82, 2.24) is 5.32 Å². The maximum absolute atomic E-state index is 12.0. The number of hydrogen-bond acceptors (Lipinski definition) is 7. The van der Waals surface area contributed by atoms with Crippen LogP contribution in [0.25, 0.3) is 0 Å². The second-order valence-electron chi connectivity index (χ2n) is 9.00. The number of thioether (sulfide) groups is 2. The first kappa shape index (κ1) is 28.6. The van der Waals surface area contributed by atoms with Crippen molar-refractivity contribution in [3.63, 3.8) is 0 Å². The van der Waals surface area contributed by atoms with Crippen LogP contribution in [-0.4, -0.2) is 45.3 Å². The van der Waals surface area contributed by atoms with Crippen molar-refractivity contribution in [3.8, 4) is 0 Å². The first-order valence-electron chi connectivity index (χ1n) is 11.7. The van der Waals surface area contributed by atoms with Gasteiger partial charge in [0, 0.05) is 23.5 Å². The number of carbonyl (C=O) groups is 2. The highest BCUT2D eigenvalue weighted by Gasteiger charge is 2.29. The molecule has 8 heteroatoms. The smallest absolute Gasteiger partial charge is 0.407 e. The fraction of sp³-hybridized carbons (Fsp3) is 0.870. The van der Waals surface area contributed by atoms with Gasteiger partial charge in [0.15, 0.2) is 5.12 Å². The molecule has 0 bridgehead atoms. The highest BCUT2D eigenvalue weighted by molar-refractivity contribution is 8.23. The van der Waals surface area contributed by atoms with E-state index in [9.17, 15) is 9.59 Å². The summed E-state index contributed by atoms with van der Waals surface area (Å²) >= 11 is 8.45. The quantitative estimate of drug-likeness (QED) is 0.213. The molecule has 0 spiro atoms. The van der Waals surface area contributed by atoms with Crippen molar-refractivity contribution < 1.29 is 19.1 Å². The lowest BCUT2D eigenvalue weighted by atomic mass is 9.98. The van der Waals surface area contributed by atoms with Gasteiger partial charge in [0.1, 0.15) is 5.60 Å². The van der Waals surface area contributed by atoms with E-state index in [0.29, 0.717) is 27.9 Å². The Labute approximate surface area is 202 Å². The molecule has 1 heterocycles. The van der Waals surface area contributed by atoms with E-state index in [1.807, 2.05) is 27.7 Å². The zero-order valence-electron chi connectivity index (χ0n) is 19.7. The maximum atomic E-state index is 12.0. The fourth-order valence-corrected chi connectivity index (χ4v) is 6.12. The average Bonchev–Trinajstić information content (AvgIpc) is 3.06. The molecule has 0 radical (unpaired) electrons. The molecule has 1 aliphatic heterocycles. The Morgan fingerprint density at radius 2 is 1.84 bits per heavy atom. The van der Waals surface area contributed by atoms with Crippen LogP contribution >= 0.6 is 35.7 Å². The molecule has 0 aromatic rings. The SMILES string of the molecule is CCOC(=S)SC(CCCCCCCCCNC(=O)OC(C)(C)C)CC1CCSC1=O. The third-order valence-corrected chi connectivity index (χ3v) is 7.52. The molecule has 1 amide bonds. The van der Waals surface area contributed by atoms with E-state index in [2.05, 4.69) is 5.32 Å². The molecule has 2 atom stereocenters. The van der Waals surface area contributed by atoms with Crippen LogP contribution in [0.2, 0.25) is 0 Å². The molecule has 1 aliphatic rings. The Hall–Kier alpha value is -0.470. The highest BCUT2D eigenvalue weighted by Crippen LogP contribution is 2.34. The lowest BCUT2D eigenvalue weighted by Crippen LogP contribution is -2.32. The van der Waals surface area contributed by atoms with Gasteiger partial charge in [-0.25, -0.2) is 4.79 Å². The Morgan fingerprint density at radius 3 is 2.42 bits per heavy atom. The molecule has 1 saturated heterocycles. The van der Waals surface area contributed by atoms with Crippen LogP contribution in [0.3, 0.4) is 0 Å². The second kappa shape index (κ2) is 16.2. The van der Waals surface area contributed by atoms with Crippen molar-refractivity contribution in [1.29, 1.82) is 0 Å². The van der Waals surface area contributed by atoms with Gasteiger partial charge in [0.2, 0.25) is 4.38 Å². The minimum absolute atomic E-state index is 0.196. The van der Waals surface area contributed by atoms with Crippen LogP contribution < -0.4 is 5.32 Å². The summed E-state index contributed by atoms with van der Waals surface area (Å²) in [7, 11) is 0. The summed E-state index contributed by atoms with van der Waals surface area (Å²) in [6, 6.07) is 0. The van der Waals surface area contributed by atoms with Crippen molar-refractivity contribution in [2.45, 2.75) is 103 Å². The number of carbonyl (C=O) groups excluding carboxylic acids is 2. The second-order valence-corrected chi connectivity index (χ2v) is 12.0. The molecular formula is C23H41NO4S3. The molecule has 0 aliphatic carbocycles. The average molecular weight is 492 g/mol. The van der Waals surface area contributed by atoms with Gasteiger partial charge in [-0.2, -0.15) is 0 Å². The van der Waals surface area contributed by atoms with Gasteiger partial charge in [-0.05, 0) is 65.6 Å². The van der Waals surface area contributed by atoms with Crippen LogP contribution in [-0.2, 0) is 14.3 Å². The van der Waals surface area contributed by atoms with Crippen LogP contribution in [0, 0.1) is 5.92 Å². The number of alkyl carbamates (subject to hydrolysis) is 1. The van der Waals surface area contributed by atoms with Crippen molar-refractivity contribution in [2.24, 2.45) is 5.92 Å². The maximum Gasteiger partial charge on any atom is 0.407 e. The molecule has 31 heavy (non-hydrogen) atoms. The number of ether oxygens (including phenoxy) is 2. The van der Waals surface area contributed by atoms with Crippen molar-refractivity contribution in [2.75, 3.05) is 18.9 Å². The highest BCUT2D eigenvalue weighted by atomic mass is 32.2. The van der Waals surface area contributed by atoms with E-state index in [1.165, 1.54) is 43.9 Å². The predicted octanol–water partition coefficient (Wildman–Crippen LogP) is 6.72. The van der Waals surface area contributed by atoms with E-state index >= 15 is 0 Å². The lowest BCUT2D eigenvalue weighted by Gasteiger charge is -2.19. The van der Waals surface area contributed by atoms with Crippen LogP contribution in [0.15, 0.2) is 0 Å². The van der Waals surface area contributed by atoms with Crippen molar-refractivity contribution >= 4 is 51.3 Å². The minimum Gasteiger partial charge on any atom is -0.479 e. The van der Waals surface area contributed by atoms with Gasteiger partial charge >= 0.3 is 6.09 Å². The number of rotatable bonds is 14. The van der Waals surface area contributed by atoms with Gasteiger partial charge < -0.3 is 14.8 Å². The first-order chi connectivity index (χ1) is 14.7. The Bertz CT molecular complexity index is 551. The molecule has 0 aromatic heterocycles. The summed E-state index contributed by atoms with van der Waals surface area (Å²) in [6.07, 6.45) is 10.8. The van der Waals surface area contributed by atoms with Crippen molar-refractivity contribution in [3.05, 3.63) is 0 Å². The molecular weight excluding hydrogens is 450 g/mol. The largest absolute Gasteiger partial charge is 0.479 e. The monoisotopic (exact) mass is 491 g/mol. The normalized spacial score (nSPS) is 17.4. The molecule has 1 rings (SSSR count). The minimum atomic E-state index is -0.443. The standard InChI is InChI=1S/C23H41NO4S3/c1-5-27-22(29)31-19(17-18-14-16-30-20(18)25)13-11-9-7-6-8-10-12-15-24-21(26)28-23(2,3)4/h18-19H,5-17H2,1-4H3,(H,24,26). The number of unbranched alkanes of at least 4 members (excludes halogenated alkanes) is 6. The van der Waals surface area contributed by atoms with Crippen LogP contribution in [0.4, 0.5) is 4.79 Å². The number of hydrogen-bond donors (Lipinski definition) is 1. The van der Waals surface area contributed by atoms with Gasteiger partial charge in [0.05, 0.1) is 6.61 Å². The number of thiocarbonyl (C=S) groups is 1. The number of nitrogens with one attached hydrogen (secondary N) is 1. The van der Waals surface area contributed by atoms with E-state index in [0.717, 1.165) is 37.9 Å². The zero-order chi connectivity index (χ0) is 23.1. The molecule has 180 valence electrons. The third-order valence-electron chi connectivity index (χ3n) is 4.99. The Morgan fingerprint density at radius 1 is 1.19 bits per heavy atom. The summed E-state index contributed by atoms with van der Waals surface area (Å²) in [5.41, 5.74) is -0.443. The van der Waals surface area contributed by atoms with Gasteiger partial charge in [-0.3, -0.25) is 4.79 Å². The predicted molar refractivity (Wildman–Crippen MR) is 137 cm³/mol. The van der Waals surface area contributed by atoms with Gasteiger partial charge in [-0.1, -0.05) is 62.0 Å². The topological polar surface area (TPSA) is 64.6 Å². The van der Waals surface area contributed by atoms with E-state index < -0.39 is 5.60 Å². The summed E-state index contributed by atoms with van der Waals surface area (Å²) < 4.78 is 11.3. The van der Waals surface area contributed by atoms with Crippen LogP contribution in [0.1, 0.15) is 91.9 Å². The van der Waals surface area contributed by atoms with Gasteiger partial charge in [-0.15, -0.1) is 0 Å². The summed E-state index contributed by atoms with van der Waals surface area (Å²) in [4.78, 5) is 23.6. The molecule has 1 N–H and O–H groups in total. The molecule has 2 unspecified atom stereocenters. The van der Waals surface area contributed by atoms with Gasteiger partial charge in [0.25, 0.3) is 0 Å². The molecule has 5 nitrogen and oxygen atoms in total. The third kappa shape index (κ3) is 15.1. The number of amides is 1. The van der Waals surface area contributed by atoms with E-state index in [-0.39, 0.29) is 12.0 Å².